The molecular formula is C14H12INO2. The van der Waals surface area contributed by atoms with Gasteiger partial charge in [0.2, 0.25) is 0 Å². The molecule has 0 spiro atoms. The molecule has 0 saturated carbocycles. The van der Waals surface area contributed by atoms with E-state index in [1.807, 2.05) is 25.1 Å². The molecule has 0 fully saturated rings. The number of halogens is 1. The number of phenols is 2. The summed E-state index contributed by atoms with van der Waals surface area (Å²) >= 11 is 2.17. The molecular weight excluding hydrogens is 341 g/mol. The average molecular weight is 353 g/mol. The van der Waals surface area contributed by atoms with Crippen LogP contribution in [0.3, 0.4) is 0 Å². The SMILES string of the molecule is Cc1ccc(O)c(N=Cc2cc(I)ccc2O)c1. The fraction of sp³-hybridized carbons (Fsp3) is 0.0714. The van der Waals surface area contributed by atoms with Crippen molar-refractivity contribution in [3.63, 3.8) is 0 Å². The minimum Gasteiger partial charge on any atom is -0.507 e. The summed E-state index contributed by atoms with van der Waals surface area (Å²) in [5, 5.41) is 19.3. The molecule has 0 unspecified atom stereocenters. The molecule has 0 saturated heterocycles. The van der Waals surface area contributed by atoms with Gasteiger partial charge in [0.05, 0.1) is 0 Å². The molecule has 0 heterocycles. The van der Waals surface area contributed by atoms with E-state index in [9.17, 15) is 10.2 Å². The van der Waals surface area contributed by atoms with Gasteiger partial charge in [-0.2, -0.15) is 0 Å². The number of hydrogen-bond acceptors (Lipinski definition) is 3. The van der Waals surface area contributed by atoms with Crippen molar-refractivity contribution in [2.45, 2.75) is 6.92 Å². The number of aryl methyl sites for hydroxylation is 1. The Bertz CT molecular complexity index is 555. The van der Waals surface area contributed by atoms with Gasteiger partial charge in [0.25, 0.3) is 0 Å². The summed E-state index contributed by atoms with van der Waals surface area (Å²) in [4.78, 5) is 4.20. The molecule has 2 aromatic rings. The van der Waals surface area contributed by atoms with Gasteiger partial charge in [-0.3, -0.25) is 4.99 Å². The first-order valence-corrected chi connectivity index (χ1v) is 6.46. The summed E-state index contributed by atoms with van der Waals surface area (Å²) in [6.07, 6.45) is 1.55. The number of benzene rings is 2. The summed E-state index contributed by atoms with van der Waals surface area (Å²) in [6.45, 7) is 1.93. The second-order valence-corrected chi connectivity index (χ2v) is 5.20. The summed E-state index contributed by atoms with van der Waals surface area (Å²) < 4.78 is 1.01. The van der Waals surface area contributed by atoms with E-state index in [2.05, 4.69) is 27.6 Å². The molecule has 0 aliphatic rings. The minimum atomic E-state index is 0.127. The van der Waals surface area contributed by atoms with Gasteiger partial charge >= 0.3 is 0 Å². The first-order valence-electron chi connectivity index (χ1n) is 5.38. The van der Waals surface area contributed by atoms with Gasteiger partial charge < -0.3 is 10.2 Å². The first kappa shape index (κ1) is 12.9. The molecule has 2 rings (SSSR count). The van der Waals surface area contributed by atoms with Crippen LogP contribution in [0.25, 0.3) is 0 Å². The molecule has 18 heavy (non-hydrogen) atoms. The van der Waals surface area contributed by atoms with Crippen LogP contribution in [0.15, 0.2) is 41.4 Å². The molecule has 0 aromatic heterocycles. The lowest BCUT2D eigenvalue weighted by molar-refractivity contribution is 0.474. The molecule has 4 heteroatoms. The highest BCUT2D eigenvalue weighted by Gasteiger charge is 2.01. The standard InChI is InChI=1S/C14H12INO2/c1-9-2-4-14(18)12(6-9)16-8-10-7-11(15)3-5-13(10)17/h2-8,17-18H,1H3. The number of hydrogen-bond donors (Lipinski definition) is 2. The van der Waals surface area contributed by atoms with Crippen LogP contribution in [0.2, 0.25) is 0 Å². The molecule has 2 aromatic carbocycles. The maximum atomic E-state index is 9.68. The van der Waals surface area contributed by atoms with Gasteiger partial charge in [-0.15, -0.1) is 0 Å². The Balaban J connectivity index is 2.35. The highest BCUT2D eigenvalue weighted by Crippen LogP contribution is 2.27. The molecule has 0 amide bonds. The highest BCUT2D eigenvalue weighted by atomic mass is 127. The van der Waals surface area contributed by atoms with E-state index >= 15 is 0 Å². The van der Waals surface area contributed by atoms with Crippen LogP contribution in [0, 0.1) is 10.5 Å². The lowest BCUT2D eigenvalue weighted by Gasteiger charge is -2.01. The zero-order valence-electron chi connectivity index (χ0n) is 9.76. The van der Waals surface area contributed by atoms with E-state index in [1.54, 1.807) is 24.4 Å². The third kappa shape index (κ3) is 3.01. The monoisotopic (exact) mass is 353 g/mol. The van der Waals surface area contributed by atoms with Crippen LogP contribution in [-0.2, 0) is 0 Å². The van der Waals surface area contributed by atoms with E-state index in [0.29, 0.717) is 11.3 Å². The Kier molecular flexibility index (Phi) is 3.86. The van der Waals surface area contributed by atoms with Crippen molar-refractivity contribution < 1.29 is 10.2 Å². The smallest absolute Gasteiger partial charge is 0.141 e. The van der Waals surface area contributed by atoms with Crippen LogP contribution < -0.4 is 0 Å². The molecule has 0 bridgehead atoms. The van der Waals surface area contributed by atoms with Gasteiger partial charge in [-0.25, -0.2) is 0 Å². The Morgan fingerprint density at radius 1 is 1.06 bits per heavy atom. The number of aliphatic imine (C=N–C) groups is 1. The highest BCUT2D eigenvalue weighted by molar-refractivity contribution is 14.1. The maximum Gasteiger partial charge on any atom is 0.141 e. The Morgan fingerprint density at radius 2 is 1.78 bits per heavy atom. The van der Waals surface area contributed by atoms with Crippen molar-refractivity contribution in [3.05, 3.63) is 51.1 Å². The average Bonchev–Trinajstić information content (AvgIpc) is 2.34. The van der Waals surface area contributed by atoms with Crippen LogP contribution in [0.5, 0.6) is 11.5 Å². The fourth-order valence-corrected chi connectivity index (χ4v) is 2.02. The van der Waals surface area contributed by atoms with Crippen molar-refractivity contribution >= 4 is 34.5 Å². The summed E-state index contributed by atoms with van der Waals surface area (Å²) in [6, 6.07) is 10.5. The largest absolute Gasteiger partial charge is 0.507 e. The summed E-state index contributed by atoms with van der Waals surface area (Å²) in [7, 11) is 0. The number of aromatic hydroxyl groups is 2. The summed E-state index contributed by atoms with van der Waals surface area (Å²) in [5.74, 6) is 0.299. The summed E-state index contributed by atoms with van der Waals surface area (Å²) in [5.41, 5.74) is 2.14. The number of phenolic OH excluding ortho intramolecular Hbond substituents is 2. The third-order valence-electron chi connectivity index (χ3n) is 2.46. The minimum absolute atomic E-state index is 0.127. The zero-order chi connectivity index (χ0) is 13.1. The lowest BCUT2D eigenvalue weighted by Crippen LogP contribution is -1.84. The molecule has 0 aliphatic carbocycles. The van der Waals surface area contributed by atoms with Gasteiger partial charge in [0.15, 0.2) is 0 Å². The van der Waals surface area contributed by atoms with Crippen molar-refractivity contribution in [2.75, 3.05) is 0 Å². The molecule has 2 N–H and O–H groups in total. The van der Waals surface area contributed by atoms with Crippen molar-refractivity contribution in [3.8, 4) is 11.5 Å². The number of rotatable bonds is 2. The van der Waals surface area contributed by atoms with E-state index in [0.717, 1.165) is 9.13 Å². The molecule has 0 aliphatic heterocycles. The second kappa shape index (κ2) is 5.39. The van der Waals surface area contributed by atoms with Crippen LogP contribution in [-0.4, -0.2) is 16.4 Å². The van der Waals surface area contributed by atoms with Crippen molar-refractivity contribution in [1.29, 1.82) is 0 Å². The molecule has 3 nitrogen and oxygen atoms in total. The van der Waals surface area contributed by atoms with Crippen LogP contribution >= 0.6 is 22.6 Å². The molecule has 92 valence electrons. The molecule has 0 radical (unpaired) electrons. The Hall–Kier alpha value is -1.56. The predicted octanol–water partition coefficient (Wildman–Crippen LogP) is 3.76. The van der Waals surface area contributed by atoms with Gasteiger partial charge in [0, 0.05) is 15.3 Å². The number of nitrogens with zero attached hydrogens (tertiary/aromatic N) is 1. The van der Waals surface area contributed by atoms with E-state index in [-0.39, 0.29) is 11.5 Å². The third-order valence-corrected chi connectivity index (χ3v) is 3.13. The lowest BCUT2D eigenvalue weighted by atomic mass is 10.2. The molecule has 0 atom stereocenters. The van der Waals surface area contributed by atoms with E-state index in [4.69, 9.17) is 0 Å². The van der Waals surface area contributed by atoms with Gasteiger partial charge in [0.1, 0.15) is 17.2 Å². The van der Waals surface area contributed by atoms with Gasteiger partial charge in [-0.05, 0) is 65.4 Å². The normalized spacial score (nSPS) is 11.0. The van der Waals surface area contributed by atoms with Crippen molar-refractivity contribution in [1.82, 2.24) is 0 Å². The van der Waals surface area contributed by atoms with E-state index < -0.39 is 0 Å². The Labute approximate surface area is 119 Å². The fourth-order valence-electron chi connectivity index (χ4n) is 1.50. The van der Waals surface area contributed by atoms with Crippen LogP contribution in [0.1, 0.15) is 11.1 Å². The van der Waals surface area contributed by atoms with E-state index in [1.165, 1.54) is 0 Å². The Morgan fingerprint density at radius 3 is 2.56 bits per heavy atom. The van der Waals surface area contributed by atoms with Gasteiger partial charge in [-0.1, -0.05) is 6.07 Å². The second-order valence-electron chi connectivity index (χ2n) is 3.95. The maximum absolute atomic E-state index is 9.68. The van der Waals surface area contributed by atoms with Crippen molar-refractivity contribution in [2.24, 2.45) is 4.99 Å². The quantitative estimate of drug-likeness (QED) is 0.638. The predicted molar refractivity (Wildman–Crippen MR) is 80.9 cm³/mol. The zero-order valence-corrected chi connectivity index (χ0v) is 11.9. The first-order chi connectivity index (χ1) is 8.56. The van der Waals surface area contributed by atoms with Crippen LogP contribution in [0.4, 0.5) is 5.69 Å². The topological polar surface area (TPSA) is 52.8 Å².